The van der Waals surface area contributed by atoms with E-state index in [-0.39, 0.29) is 12.1 Å². The Labute approximate surface area is 184 Å². The van der Waals surface area contributed by atoms with Crippen LogP contribution in [0.4, 0.5) is 5.69 Å². The van der Waals surface area contributed by atoms with E-state index in [4.69, 9.17) is 18.0 Å². The number of aryl methyl sites for hydroxylation is 1. The molecule has 5 N–H and O–H groups in total. The van der Waals surface area contributed by atoms with Gasteiger partial charge in [0.25, 0.3) is 5.56 Å². The fourth-order valence-corrected chi connectivity index (χ4v) is 4.05. The maximum absolute atomic E-state index is 12.2. The van der Waals surface area contributed by atoms with Crippen molar-refractivity contribution in [3.05, 3.63) is 98.9 Å². The third-order valence-electron chi connectivity index (χ3n) is 5.64. The third kappa shape index (κ3) is 3.33. The zero-order valence-electron chi connectivity index (χ0n) is 17.8. The lowest BCUT2D eigenvalue weighted by Gasteiger charge is -2.15. The van der Waals surface area contributed by atoms with E-state index in [1.807, 2.05) is 49.4 Å². The molecule has 0 unspecified atom stereocenters. The number of aliphatic imine (C=N–C) groups is 1. The minimum atomic E-state index is -0.286. The Bertz CT molecular complexity index is 1520. The van der Waals surface area contributed by atoms with Crippen LogP contribution in [0.1, 0.15) is 22.4 Å². The Kier molecular flexibility index (Phi) is 5.54. The van der Waals surface area contributed by atoms with Gasteiger partial charge in [-0.1, -0.05) is 36.4 Å². The summed E-state index contributed by atoms with van der Waals surface area (Å²) >= 11 is 0. The zero-order chi connectivity index (χ0) is 22.8. The highest BCUT2D eigenvalue weighted by atomic mass is 16.1. The van der Waals surface area contributed by atoms with Gasteiger partial charge in [0.2, 0.25) is 5.69 Å². The Morgan fingerprint density at radius 1 is 1.16 bits per heavy atom. The largest absolute Gasteiger partial charge is 0.404 e. The molecule has 1 aromatic heterocycles. The van der Waals surface area contributed by atoms with Crippen LogP contribution in [-0.4, -0.2) is 23.0 Å². The first-order chi connectivity index (χ1) is 15.5. The number of hydrogen-bond acceptors (Lipinski definition) is 5. The predicted octanol–water partition coefficient (Wildman–Crippen LogP) is 3.81. The number of H-pyrrole nitrogens is 1. The molecule has 3 aromatic carbocycles. The quantitative estimate of drug-likeness (QED) is 0.343. The fourth-order valence-electron chi connectivity index (χ4n) is 4.05. The molecule has 1 heterocycles. The predicted molar refractivity (Wildman–Crippen MR) is 130 cm³/mol. The summed E-state index contributed by atoms with van der Waals surface area (Å²) in [6.07, 6.45) is 1.47. The number of nitrogens with one attached hydrogen (secondary N) is 1. The van der Waals surface area contributed by atoms with E-state index in [2.05, 4.69) is 20.0 Å². The Morgan fingerprint density at radius 3 is 2.62 bits per heavy atom. The Morgan fingerprint density at radius 2 is 1.94 bits per heavy atom. The van der Waals surface area contributed by atoms with Crippen molar-refractivity contribution in [2.75, 3.05) is 7.05 Å². The van der Waals surface area contributed by atoms with Gasteiger partial charge in [0.15, 0.2) is 0 Å². The summed E-state index contributed by atoms with van der Waals surface area (Å²) in [6.45, 7) is 10.1. The molecule has 4 rings (SSSR count). The summed E-state index contributed by atoms with van der Waals surface area (Å²) in [5.74, 6) is 0. The van der Waals surface area contributed by atoms with E-state index >= 15 is 0 Å². The molecular formula is C25H22N6O. The van der Waals surface area contributed by atoms with Gasteiger partial charge in [-0.05, 0) is 41.0 Å². The summed E-state index contributed by atoms with van der Waals surface area (Å²) < 4.78 is 0. The van der Waals surface area contributed by atoms with Crippen molar-refractivity contribution in [2.45, 2.75) is 13.5 Å². The minimum absolute atomic E-state index is 0.180. The summed E-state index contributed by atoms with van der Waals surface area (Å²) in [4.78, 5) is 20.5. The van der Waals surface area contributed by atoms with Crippen LogP contribution in [0.15, 0.2) is 64.5 Å². The van der Waals surface area contributed by atoms with Crippen LogP contribution in [0.2, 0.25) is 0 Å². The lowest BCUT2D eigenvalue weighted by Crippen LogP contribution is -2.14. The second-order valence-electron chi connectivity index (χ2n) is 7.36. The van der Waals surface area contributed by atoms with Crippen molar-refractivity contribution in [3.63, 3.8) is 0 Å². The molecular weight excluding hydrogens is 400 g/mol. The number of rotatable bonds is 4. The molecule has 0 amide bonds. The molecule has 0 saturated carbocycles. The SMILES string of the molecule is [C-]#[N+]c1c(C(=NC)/C(=C\N)c2ccc3c(=O)[nH]nc(CN)c3c2)ccc2c(C)cccc12. The van der Waals surface area contributed by atoms with E-state index < -0.39 is 0 Å². The molecule has 32 heavy (non-hydrogen) atoms. The highest BCUT2D eigenvalue weighted by Gasteiger charge is 2.19. The maximum atomic E-state index is 12.2. The van der Waals surface area contributed by atoms with Gasteiger partial charge in [-0.15, -0.1) is 0 Å². The van der Waals surface area contributed by atoms with Crippen LogP contribution < -0.4 is 17.0 Å². The van der Waals surface area contributed by atoms with Crippen LogP contribution in [-0.2, 0) is 6.54 Å². The van der Waals surface area contributed by atoms with E-state index in [0.717, 1.165) is 21.9 Å². The molecule has 0 aliphatic carbocycles. The Hall–Kier alpha value is -4.28. The molecule has 0 aliphatic heterocycles. The minimum Gasteiger partial charge on any atom is -0.404 e. The van der Waals surface area contributed by atoms with Crippen LogP contribution in [0.25, 0.3) is 32.0 Å². The highest BCUT2D eigenvalue weighted by Crippen LogP contribution is 2.35. The second-order valence-corrected chi connectivity index (χ2v) is 7.36. The average Bonchev–Trinajstić information content (AvgIpc) is 2.82. The molecule has 158 valence electrons. The number of benzene rings is 3. The molecule has 7 heteroatoms. The number of nitrogens with two attached hydrogens (primary N) is 2. The second kappa shape index (κ2) is 8.46. The fraction of sp³-hybridized carbons (Fsp3) is 0.120. The van der Waals surface area contributed by atoms with Gasteiger partial charge in [0.05, 0.1) is 23.4 Å². The van der Waals surface area contributed by atoms with E-state index in [1.165, 1.54) is 6.20 Å². The number of aromatic nitrogens is 2. The van der Waals surface area contributed by atoms with Crippen molar-refractivity contribution in [1.29, 1.82) is 0 Å². The third-order valence-corrected chi connectivity index (χ3v) is 5.64. The first-order valence-electron chi connectivity index (χ1n) is 10.0. The van der Waals surface area contributed by atoms with Gasteiger partial charge >= 0.3 is 0 Å². The van der Waals surface area contributed by atoms with E-state index in [1.54, 1.807) is 13.1 Å². The van der Waals surface area contributed by atoms with Crippen LogP contribution in [0.5, 0.6) is 0 Å². The van der Waals surface area contributed by atoms with Crippen LogP contribution >= 0.6 is 0 Å². The van der Waals surface area contributed by atoms with Crippen molar-refractivity contribution in [3.8, 4) is 0 Å². The lowest BCUT2D eigenvalue weighted by atomic mass is 9.91. The molecule has 0 fully saturated rings. The molecule has 0 saturated heterocycles. The summed E-state index contributed by atoms with van der Waals surface area (Å²) in [6, 6.07) is 15.2. The topological polar surface area (TPSA) is 115 Å². The molecule has 7 nitrogen and oxygen atoms in total. The van der Waals surface area contributed by atoms with Gasteiger partial charge in [0.1, 0.15) is 0 Å². The highest BCUT2D eigenvalue weighted by molar-refractivity contribution is 6.34. The maximum Gasteiger partial charge on any atom is 0.272 e. The number of fused-ring (bicyclic) bond motifs is 2. The van der Waals surface area contributed by atoms with Crippen LogP contribution in [0, 0.1) is 13.5 Å². The smallest absolute Gasteiger partial charge is 0.272 e. The van der Waals surface area contributed by atoms with E-state index in [9.17, 15) is 4.79 Å². The molecule has 0 aliphatic rings. The van der Waals surface area contributed by atoms with Crippen LogP contribution in [0.3, 0.4) is 0 Å². The van der Waals surface area contributed by atoms with Crippen molar-refractivity contribution in [1.82, 2.24) is 10.2 Å². The Balaban J connectivity index is 1.94. The molecule has 0 atom stereocenters. The molecule has 0 spiro atoms. The molecule has 4 aromatic rings. The first-order valence-corrected chi connectivity index (χ1v) is 10.0. The van der Waals surface area contributed by atoms with Gasteiger partial charge in [0, 0.05) is 36.3 Å². The summed E-state index contributed by atoms with van der Waals surface area (Å²) in [5, 5.41) is 9.58. The average molecular weight is 422 g/mol. The number of hydrogen-bond donors (Lipinski definition) is 3. The van der Waals surface area contributed by atoms with Gasteiger partial charge in [-0.3, -0.25) is 9.79 Å². The summed E-state index contributed by atoms with van der Waals surface area (Å²) in [7, 11) is 1.67. The van der Waals surface area contributed by atoms with Crippen molar-refractivity contribution in [2.24, 2.45) is 16.5 Å². The number of allylic oxidation sites excluding steroid dienone is 1. The monoisotopic (exact) mass is 422 g/mol. The van der Waals surface area contributed by atoms with Gasteiger partial charge in [-0.2, -0.15) is 5.10 Å². The van der Waals surface area contributed by atoms with Crippen molar-refractivity contribution < 1.29 is 0 Å². The van der Waals surface area contributed by atoms with Gasteiger partial charge < -0.3 is 11.5 Å². The van der Waals surface area contributed by atoms with Crippen molar-refractivity contribution >= 4 is 38.5 Å². The molecule has 0 radical (unpaired) electrons. The van der Waals surface area contributed by atoms with Gasteiger partial charge in [-0.25, -0.2) is 9.94 Å². The number of nitrogens with zero attached hydrogens (tertiary/aromatic N) is 3. The zero-order valence-corrected chi connectivity index (χ0v) is 17.8. The summed E-state index contributed by atoms with van der Waals surface area (Å²) in [5.41, 5.74) is 16.5. The molecule has 0 bridgehead atoms. The standard InChI is InChI=1S/C25H22N6O/c1-14-5-4-6-17-16(14)9-10-19(23(17)28-2)24(29-3)21(12-26)15-7-8-18-20(11-15)22(13-27)30-31-25(18)32/h4-12H,13,26-27H2,1,3H3,(H,31,32)/b21-12-,29-24?. The number of aromatic amines is 1. The lowest BCUT2D eigenvalue weighted by molar-refractivity contribution is 0.900. The first kappa shape index (κ1) is 21.0. The van der Waals surface area contributed by atoms with E-state index in [0.29, 0.717) is 39.0 Å². The normalized spacial score (nSPS) is 12.3.